The summed E-state index contributed by atoms with van der Waals surface area (Å²) < 4.78 is 41.8. The van der Waals surface area contributed by atoms with Crippen LogP contribution in [0.2, 0.25) is 5.02 Å². The fraction of sp³-hybridized carbons (Fsp3) is 0.516. The number of aliphatic hydroxyl groups is 1. The molecule has 2 bridgehead atoms. The first kappa shape index (κ1) is 29.4. The Hall–Kier alpha value is -2.63. The number of hydrogen-bond donors (Lipinski definition) is 2. The fourth-order valence-electron chi connectivity index (χ4n) is 6.18. The van der Waals surface area contributed by atoms with Crippen molar-refractivity contribution in [2.45, 2.75) is 57.3 Å². The van der Waals surface area contributed by atoms with Crippen molar-refractivity contribution in [1.82, 2.24) is 9.03 Å². The van der Waals surface area contributed by atoms with Crippen LogP contribution in [-0.4, -0.2) is 68.7 Å². The monoisotopic (exact) mass is 615 g/mol. The molecular weight excluding hydrogens is 578 g/mol. The predicted molar refractivity (Wildman–Crippen MR) is 161 cm³/mol. The summed E-state index contributed by atoms with van der Waals surface area (Å²) in [7, 11) is -4.12. The second-order valence-electron chi connectivity index (χ2n) is 11.7. The second-order valence-corrected chi connectivity index (χ2v) is 13.9. The van der Waals surface area contributed by atoms with Crippen LogP contribution in [0.25, 0.3) is 0 Å². The number of benzene rings is 2. The molecule has 3 heterocycles. The number of nitrogens with zero attached hydrogens (tertiary/aromatic N) is 2. The minimum absolute atomic E-state index is 0.120. The normalized spacial score (nSPS) is 29.0. The van der Waals surface area contributed by atoms with Gasteiger partial charge < -0.3 is 19.5 Å². The lowest BCUT2D eigenvalue weighted by atomic mass is 9.70. The van der Waals surface area contributed by atoms with Gasteiger partial charge in [-0.1, -0.05) is 29.8 Å². The van der Waals surface area contributed by atoms with Crippen LogP contribution in [-0.2, 0) is 28.0 Å². The highest BCUT2D eigenvalue weighted by atomic mass is 35.5. The van der Waals surface area contributed by atoms with Crippen LogP contribution < -0.4 is 14.4 Å². The topological polar surface area (TPSA) is 112 Å². The molecule has 9 nitrogen and oxygen atoms in total. The molecule has 3 aliphatic heterocycles. The Bertz CT molecular complexity index is 1450. The zero-order valence-corrected chi connectivity index (χ0v) is 25.2. The number of fused-ring (bicyclic) bond motifs is 3. The van der Waals surface area contributed by atoms with E-state index >= 15 is 0 Å². The first-order valence-corrected chi connectivity index (χ1v) is 16.7. The highest BCUT2D eigenvalue weighted by Crippen LogP contribution is 2.41. The standard InChI is InChI=1S/C31H38ClN3O6S/c32-25-10-7-24-19-41-30-12-9-22-16-28(30)34(13-3-1-5-21(24)15-25)17-23-8-11-27(23)29(36)6-2-4-14-35(18-26-20-40-26)42(38,39)33-31(22)37/h2,6-7,9-10,12,15-16,23,26-27,29,36H,1,3-5,8,11,13-14,17-20H2,(H,33,37)/b6-2+/t23-,26-,27+,29?/m0/s1. The summed E-state index contributed by atoms with van der Waals surface area (Å²) >= 11 is 6.30. The van der Waals surface area contributed by atoms with E-state index in [0.717, 1.165) is 49.9 Å². The number of carbonyl (C=O) groups is 1. The van der Waals surface area contributed by atoms with Crippen molar-refractivity contribution in [2.75, 3.05) is 37.7 Å². The summed E-state index contributed by atoms with van der Waals surface area (Å²) in [4.78, 5) is 15.6. The largest absolute Gasteiger partial charge is 0.487 e. The third kappa shape index (κ3) is 6.78. The van der Waals surface area contributed by atoms with Crippen LogP contribution in [0.4, 0.5) is 5.69 Å². The molecule has 4 aliphatic rings. The van der Waals surface area contributed by atoms with Crippen LogP contribution in [0.1, 0.15) is 53.6 Å². The number of amides is 1. The number of hydrogen-bond acceptors (Lipinski definition) is 7. The van der Waals surface area contributed by atoms with Gasteiger partial charge >= 0.3 is 10.2 Å². The molecular formula is C31H38ClN3O6S. The first-order valence-electron chi connectivity index (χ1n) is 14.8. The zero-order chi connectivity index (χ0) is 29.3. The number of ether oxygens (including phenoxy) is 2. The Kier molecular flexibility index (Phi) is 8.79. The molecule has 0 spiro atoms. The molecule has 1 saturated carbocycles. The van der Waals surface area contributed by atoms with Crippen LogP contribution in [0.3, 0.4) is 0 Å². The van der Waals surface area contributed by atoms with Crippen molar-refractivity contribution < 1.29 is 27.8 Å². The molecule has 2 aromatic rings. The van der Waals surface area contributed by atoms with Gasteiger partial charge in [0.05, 0.1) is 24.5 Å². The quantitative estimate of drug-likeness (QED) is 0.387. The fourth-order valence-corrected chi connectivity index (χ4v) is 7.57. The van der Waals surface area contributed by atoms with Gasteiger partial charge in [0.15, 0.2) is 0 Å². The minimum Gasteiger partial charge on any atom is -0.487 e. The Balaban J connectivity index is 1.36. The number of aryl methyl sites for hydroxylation is 1. The molecule has 2 fully saturated rings. The lowest BCUT2D eigenvalue weighted by molar-refractivity contribution is 0.0461. The molecule has 4 atom stereocenters. The summed E-state index contributed by atoms with van der Waals surface area (Å²) in [5.74, 6) is 0.345. The van der Waals surface area contributed by atoms with Gasteiger partial charge in [0.25, 0.3) is 5.91 Å². The maximum atomic E-state index is 13.4. The van der Waals surface area contributed by atoms with Gasteiger partial charge in [0, 0.05) is 36.8 Å². The van der Waals surface area contributed by atoms with E-state index in [1.807, 2.05) is 24.3 Å². The highest BCUT2D eigenvalue weighted by molar-refractivity contribution is 7.87. The van der Waals surface area contributed by atoms with Crippen molar-refractivity contribution >= 4 is 33.4 Å². The molecule has 2 N–H and O–H groups in total. The maximum Gasteiger partial charge on any atom is 0.304 e. The van der Waals surface area contributed by atoms with Gasteiger partial charge in [-0.2, -0.15) is 12.7 Å². The van der Waals surface area contributed by atoms with Crippen LogP contribution in [0.5, 0.6) is 5.75 Å². The molecule has 226 valence electrons. The number of carbonyl (C=O) groups excluding carboxylic acids is 1. The van der Waals surface area contributed by atoms with E-state index in [2.05, 4.69) is 9.62 Å². The molecule has 42 heavy (non-hydrogen) atoms. The molecule has 2 aromatic carbocycles. The Morgan fingerprint density at radius 3 is 2.71 bits per heavy atom. The molecule has 11 heteroatoms. The Labute approximate surface area is 252 Å². The Morgan fingerprint density at radius 1 is 1.07 bits per heavy atom. The van der Waals surface area contributed by atoms with Gasteiger partial charge in [-0.15, -0.1) is 0 Å². The number of halogens is 1. The van der Waals surface area contributed by atoms with Crippen LogP contribution in [0, 0.1) is 11.8 Å². The lowest BCUT2D eigenvalue weighted by Gasteiger charge is -2.42. The molecule has 0 aromatic heterocycles. The average molecular weight is 616 g/mol. The lowest BCUT2D eigenvalue weighted by Crippen LogP contribution is -2.45. The van der Waals surface area contributed by atoms with Crippen molar-refractivity contribution in [2.24, 2.45) is 11.8 Å². The Morgan fingerprint density at radius 2 is 1.93 bits per heavy atom. The highest BCUT2D eigenvalue weighted by Gasteiger charge is 2.37. The summed E-state index contributed by atoms with van der Waals surface area (Å²) in [6, 6.07) is 11.0. The smallest absolute Gasteiger partial charge is 0.304 e. The number of rotatable bonds is 2. The van der Waals surface area contributed by atoms with Gasteiger partial charge in [-0.05, 0) is 91.8 Å². The minimum atomic E-state index is -4.12. The summed E-state index contributed by atoms with van der Waals surface area (Å²) in [5.41, 5.74) is 3.23. The molecule has 1 aliphatic carbocycles. The number of nitrogens with one attached hydrogen (secondary N) is 1. The van der Waals surface area contributed by atoms with Gasteiger partial charge in [0.1, 0.15) is 12.4 Å². The van der Waals surface area contributed by atoms with Gasteiger partial charge in [0.2, 0.25) is 0 Å². The van der Waals surface area contributed by atoms with E-state index in [1.165, 1.54) is 9.87 Å². The molecule has 6 rings (SSSR count). The van der Waals surface area contributed by atoms with Crippen molar-refractivity contribution in [3.05, 3.63) is 70.3 Å². The predicted octanol–water partition coefficient (Wildman–Crippen LogP) is 4.08. The number of anilines is 1. The molecule has 0 radical (unpaired) electrons. The van der Waals surface area contributed by atoms with Crippen molar-refractivity contribution in [1.29, 1.82) is 0 Å². The maximum absolute atomic E-state index is 13.4. The van der Waals surface area contributed by atoms with Crippen LogP contribution in [0.15, 0.2) is 48.6 Å². The molecule has 1 saturated heterocycles. The van der Waals surface area contributed by atoms with Crippen molar-refractivity contribution in [3.63, 3.8) is 0 Å². The molecule has 1 unspecified atom stereocenters. The van der Waals surface area contributed by atoms with E-state index in [1.54, 1.807) is 24.3 Å². The average Bonchev–Trinajstić information content (AvgIpc) is 3.76. The third-order valence-electron chi connectivity index (χ3n) is 8.86. The summed E-state index contributed by atoms with van der Waals surface area (Å²) in [6.45, 7) is 2.64. The van der Waals surface area contributed by atoms with E-state index in [4.69, 9.17) is 21.1 Å². The van der Waals surface area contributed by atoms with E-state index in [-0.39, 0.29) is 36.6 Å². The summed E-state index contributed by atoms with van der Waals surface area (Å²) in [6.07, 6.45) is 7.99. The number of aliphatic hydroxyl groups excluding tert-OH is 1. The first-order chi connectivity index (χ1) is 20.3. The molecule has 1 amide bonds. The zero-order valence-electron chi connectivity index (χ0n) is 23.6. The SMILES string of the molecule is O=C1NS(=O)(=O)N(C[C@H]2CO2)CC/C=C/C(O)[C@@H]2CC[C@H]2CN2CCCCc3cc(Cl)ccc3COc3ccc1cc32. The summed E-state index contributed by atoms with van der Waals surface area (Å²) in [5, 5.41) is 11.7. The van der Waals surface area contributed by atoms with E-state index < -0.39 is 22.2 Å². The van der Waals surface area contributed by atoms with E-state index in [0.29, 0.717) is 37.0 Å². The van der Waals surface area contributed by atoms with Crippen LogP contribution >= 0.6 is 11.6 Å². The van der Waals surface area contributed by atoms with Crippen molar-refractivity contribution in [3.8, 4) is 5.75 Å². The third-order valence-corrected chi connectivity index (χ3v) is 10.5. The van der Waals surface area contributed by atoms with E-state index in [9.17, 15) is 18.3 Å². The second kappa shape index (κ2) is 12.5. The van der Waals surface area contributed by atoms with Gasteiger partial charge in [-0.25, -0.2) is 4.72 Å². The van der Waals surface area contributed by atoms with Gasteiger partial charge in [-0.3, -0.25) is 4.79 Å². The number of epoxide rings is 1.